The molecule has 2 N–H and O–H groups in total. The lowest BCUT2D eigenvalue weighted by Gasteiger charge is -2.16. The van der Waals surface area contributed by atoms with Crippen LogP contribution in [0.4, 0.5) is 5.82 Å². The molecule has 0 saturated carbocycles. The monoisotopic (exact) mass is 384 g/mol. The smallest absolute Gasteiger partial charge is 0.256 e. The van der Waals surface area contributed by atoms with Crippen LogP contribution in [0.5, 0.6) is 0 Å². The summed E-state index contributed by atoms with van der Waals surface area (Å²) >= 11 is 6.78. The van der Waals surface area contributed by atoms with E-state index in [4.69, 9.17) is 0 Å². The van der Waals surface area contributed by atoms with Crippen LogP contribution in [0.1, 0.15) is 12.0 Å². The normalized spacial score (nSPS) is 13.8. The van der Waals surface area contributed by atoms with Crippen LogP contribution in [0.2, 0.25) is 0 Å². The van der Waals surface area contributed by atoms with Gasteiger partial charge < -0.3 is 10.3 Å². The Morgan fingerprint density at radius 2 is 2.16 bits per heavy atom. The summed E-state index contributed by atoms with van der Waals surface area (Å²) < 4.78 is 1.64. The average molecular weight is 386 g/mol. The van der Waals surface area contributed by atoms with Gasteiger partial charge in [-0.05, 0) is 50.8 Å². The summed E-state index contributed by atoms with van der Waals surface area (Å²) in [5.41, 5.74) is 1.25. The minimum absolute atomic E-state index is 0.0937. The highest BCUT2D eigenvalue weighted by atomic mass is 79.9. The highest BCUT2D eigenvalue weighted by Gasteiger charge is 2.17. The van der Waals surface area contributed by atoms with Crippen molar-refractivity contribution in [1.29, 1.82) is 0 Å². The third-order valence-corrected chi connectivity index (χ3v) is 3.98. The van der Waals surface area contributed by atoms with Crippen LogP contribution in [-0.2, 0) is 6.42 Å². The Hall–Kier alpha value is -1.21. The van der Waals surface area contributed by atoms with E-state index in [2.05, 4.69) is 52.1 Å². The molecule has 3 heterocycles. The molecule has 2 aromatic rings. The maximum absolute atomic E-state index is 12.0. The molecular weight excluding hydrogens is 376 g/mol. The molecule has 19 heavy (non-hydrogen) atoms. The molecule has 1 aliphatic heterocycles. The van der Waals surface area contributed by atoms with E-state index >= 15 is 0 Å². The van der Waals surface area contributed by atoms with Crippen molar-refractivity contribution in [1.82, 2.24) is 15.0 Å². The highest BCUT2D eigenvalue weighted by molar-refractivity contribution is 9.11. The van der Waals surface area contributed by atoms with Crippen molar-refractivity contribution in [2.75, 3.05) is 11.9 Å². The van der Waals surface area contributed by atoms with Gasteiger partial charge in [-0.15, -0.1) is 0 Å². The number of anilines is 1. The Bertz CT molecular complexity index is 699. The quantitative estimate of drug-likeness (QED) is 0.791. The van der Waals surface area contributed by atoms with Crippen molar-refractivity contribution in [3.63, 3.8) is 0 Å². The number of fused-ring (bicyclic) bond motifs is 1. The summed E-state index contributed by atoms with van der Waals surface area (Å²) in [4.78, 5) is 23.6. The Balaban J connectivity index is 2.15. The van der Waals surface area contributed by atoms with Gasteiger partial charge in [-0.25, -0.2) is 4.98 Å². The van der Waals surface area contributed by atoms with E-state index in [1.807, 2.05) is 6.07 Å². The topological polar surface area (TPSA) is 70.7 Å². The lowest BCUT2D eigenvalue weighted by molar-refractivity contribution is 0.799. The first-order valence-electron chi connectivity index (χ1n) is 5.83. The number of H-pyrrole nitrogens is 1. The number of nitrogens with one attached hydrogen (secondary N) is 2. The molecular formula is C12H10Br2N4O. The average Bonchev–Trinajstić information content (AvgIpc) is 2.38. The molecule has 3 rings (SSSR count). The van der Waals surface area contributed by atoms with Gasteiger partial charge >= 0.3 is 0 Å². The molecule has 0 fully saturated rings. The van der Waals surface area contributed by atoms with Crippen molar-refractivity contribution >= 4 is 37.7 Å². The number of aromatic nitrogens is 3. The summed E-state index contributed by atoms with van der Waals surface area (Å²) in [5, 5.41) is 3.16. The van der Waals surface area contributed by atoms with Gasteiger partial charge in [0, 0.05) is 21.7 Å². The summed E-state index contributed by atoms with van der Waals surface area (Å²) in [5.74, 6) is 1.14. The zero-order valence-corrected chi connectivity index (χ0v) is 13.0. The molecule has 0 radical (unpaired) electrons. The van der Waals surface area contributed by atoms with E-state index < -0.39 is 0 Å². The Labute approximate surface area is 126 Å². The molecule has 7 heteroatoms. The van der Waals surface area contributed by atoms with E-state index in [0.717, 1.165) is 33.9 Å². The van der Waals surface area contributed by atoms with Crippen LogP contribution < -0.4 is 10.9 Å². The molecule has 0 spiro atoms. The Morgan fingerprint density at radius 3 is 2.95 bits per heavy atom. The van der Waals surface area contributed by atoms with Crippen molar-refractivity contribution in [3.05, 3.63) is 37.1 Å². The van der Waals surface area contributed by atoms with Crippen LogP contribution >= 0.6 is 31.9 Å². The molecule has 0 atom stereocenters. The molecule has 2 aromatic heterocycles. The first kappa shape index (κ1) is 12.8. The fraction of sp³-hybridized carbons (Fsp3) is 0.250. The number of halogens is 2. The predicted octanol–water partition coefficient (Wildman–Crippen LogP) is 2.71. The summed E-state index contributed by atoms with van der Waals surface area (Å²) in [7, 11) is 0. The van der Waals surface area contributed by atoms with Crippen molar-refractivity contribution < 1.29 is 0 Å². The Kier molecular flexibility index (Phi) is 3.40. The largest absolute Gasteiger partial charge is 0.370 e. The summed E-state index contributed by atoms with van der Waals surface area (Å²) in [6, 6.07) is 1.87. The van der Waals surface area contributed by atoms with Gasteiger partial charge in [0.25, 0.3) is 5.56 Å². The number of nitrogens with zero attached hydrogens (tertiary/aromatic N) is 2. The number of hydrogen-bond donors (Lipinski definition) is 2. The predicted molar refractivity (Wildman–Crippen MR) is 80.3 cm³/mol. The van der Waals surface area contributed by atoms with Crippen LogP contribution in [-0.4, -0.2) is 21.5 Å². The molecule has 0 amide bonds. The maximum atomic E-state index is 12.0. The molecule has 1 aliphatic rings. The first-order valence-corrected chi connectivity index (χ1v) is 7.42. The zero-order valence-electron chi connectivity index (χ0n) is 9.83. The summed E-state index contributed by atoms with van der Waals surface area (Å²) in [6.07, 6.45) is 3.39. The van der Waals surface area contributed by atoms with Gasteiger partial charge in [0.1, 0.15) is 11.5 Å². The molecule has 0 saturated heterocycles. The van der Waals surface area contributed by atoms with Crippen LogP contribution in [0, 0.1) is 0 Å². The van der Waals surface area contributed by atoms with Crippen LogP contribution in [0.15, 0.2) is 26.0 Å². The second-order valence-corrected chi connectivity index (χ2v) is 6.03. The fourth-order valence-corrected chi connectivity index (χ4v) is 3.22. The van der Waals surface area contributed by atoms with Gasteiger partial charge in [0.2, 0.25) is 0 Å². The zero-order chi connectivity index (χ0) is 13.4. The lowest BCUT2D eigenvalue weighted by atomic mass is 10.1. The second kappa shape index (κ2) is 5.05. The molecule has 0 aliphatic carbocycles. The highest BCUT2D eigenvalue weighted by Crippen LogP contribution is 2.27. The Morgan fingerprint density at radius 1 is 1.32 bits per heavy atom. The minimum Gasteiger partial charge on any atom is -0.370 e. The SMILES string of the molecule is O=c1[nH]c(-c2ncc(Br)cc2Br)nc2c1CCCN2. The maximum Gasteiger partial charge on any atom is 0.256 e. The summed E-state index contributed by atoms with van der Waals surface area (Å²) in [6.45, 7) is 0.845. The van der Waals surface area contributed by atoms with Gasteiger partial charge in [-0.3, -0.25) is 9.78 Å². The number of hydrogen-bond acceptors (Lipinski definition) is 4. The van der Waals surface area contributed by atoms with Gasteiger partial charge in [0.05, 0.1) is 5.56 Å². The van der Waals surface area contributed by atoms with E-state index in [9.17, 15) is 4.79 Å². The van der Waals surface area contributed by atoms with Crippen molar-refractivity contribution in [3.8, 4) is 11.5 Å². The third-order valence-electron chi connectivity index (χ3n) is 2.94. The second-order valence-electron chi connectivity index (χ2n) is 4.26. The fourth-order valence-electron chi connectivity index (χ4n) is 2.05. The molecule has 0 aromatic carbocycles. The first-order chi connectivity index (χ1) is 9.15. The molecule has 98 valence electrons. The minimum atomic E-state index is -0.0937. The van der Waals surface area contributed by atoms with Crippen LogP contribution in [0.3, 0.4) is 0 Å². The van der Waals surface area contributed by atoms with E-state index in [1.54, 1.807) is 6.20 Å². The number of rotatable bonds is 1. The lowest BCUT2D eigenvalue weighted by Crippen LogP contribution is -2.24. The van der Waals surface area contributed by atoms with Gasteiger partial charge in [0.15, 0.2) is 5.82 Å². The van der Waals surface area contributed by atoms with Gasteiger partial charge in [-0.1, -0.05) is 0 Å². The molecule has 0 unspecified atom stereocenters. The van der Waals surface area contributed by atoms with Crippen molar-refractivity contribution in [2.45, 2.75) is 12.8 Å². The van der Waals surface area contributed by atoms with E-state index in [1.165, 1.54) is 0 Å². The molecule has 0 bridgehead atoms. The standard InChI is InChI=1S/C12H10Br2N4O/c13-6-4-8(14)9(16-5-6)11-17-10-7(12(19)18-11)2-1-3-15-10/h4-5H,1-3H2,(H2,15,17,18,19). The number of pyridine rings is 1. The third kappa shape index (κ3) is 2.44. The molecule has 5 nitrogen and oxygen atoms in total. The van der Waals surface area contributed by atoms with Crippen molar-refractivity contribution in [2.24, 2.45) is 0 Å². The van der Waals surface area contributed by atoms with E-state index in [0.29, 0.717) is 17.3 Å². The van der Waals surface area contributed by atoms with Crippen LogP contribution in [0.25, 0.3) is 11.5 Å². The number of aromatic amines is 1. The van der Waals surface area contributed by atoms with E-state index in [-0.39, 0.29) is 5.56 Å². The van der Waals surface area contributed by atoms with Gasteiger partial charge in [-0.2, -0.15) is 0 Å².